The third-order valence-electron chi connectivity index (χ3n) is 7.81. The second-order valence-electron chi connectivity index (χ2n) is 11.8. The Morgan fingerprint density at radius 2 is 0.923 bits per heavy atom. The first-order valence-electron chi connectivity index (χ1n) is 16.7. The number of rotatable bonds is 30. The Morgan fingerprint density at radius 1 is 0.590 bits per heavy atom. The maximum Gasteiger partial charge on any atom is 0.266 e. The molecule has 0 heterocycles. The highest BCUT2D eigenvalue weighted by Gasteiger charge is 2.26. The molecule has 7 heteroatoms. The van der Waals surface area contributed by atoms with Crippen LogP contribution < -0.4 is 5.32 Å². The summed E-state index contributed by atoms with van der Waals surface area (Å²) in [5.41, 5.74) is 0. The molecule has 0 saturated carbocycles. The van der Waals surface area contributed by atoms with Gasteiger partial charge in [-0.3, -0.25) is 9.35 Å². The van der Waals surface area contributed by atoms with Crippen molar-refractivity contribution in [3.8, 4) is 0 Å². The normalized spacial score (nSPS) is 13.4. The molecule has 0 aromatic carbocycles. The molecule has 0 aliphatic carbocycles. The summed E-state index contributed by atoms with van der Waals surface area (Å²) in [5, 5.41) is 13.2. The number of nitrogens with one attached hydrogen (secondary N) is 1. The zero-order chi connectivity index (χ0) is 29.0. The van der Waals surface area contributed by atoms with Gasteiger partial charge in [0.25, 0.3) is 10.1 Å². The molecule has 0 aliphatic rings. The Hall–Kier alpha value is -0.660. The van der Waals surface area contributed by atoms with E-state index in [1.807, 2.05) is 0 Å². The predicted octanol–water partition coefficient (Wildman–Crippen LogP) is 8.90. The van der Waals surface area contributed by atoms with Gasteiger partial charge in [-0.25, -0.2) is 0 Å². The molecule has 0 radical (unpaired) electrons. The molecule has 1 amide bonds. The van der Waals surface area contributed by atoms with Crippen LogP contribution in [-0.2, 0) is 14.9 Å². The molecule has 234 valence electrons. The zero-order valence-corrected chi connectivity index (χ0v) is 26.6. The average molecular weight is 576 g/mol. The summed E-state index contributed by atoms with van der Waals surface area (Å²) < 4.78 is 32.3. The van der Waals surface area contributed by atoms with E-state index in [9.17, 15) is 22.9 Å². The lowest BCUT2D eigenvalue weighted by molar-refractivity contribution is -0.122. The second-order valence-corrected chi connectivity index (χ2v) is 13.3. The van der Waals surface area contributed by atoms with E-state index in [1.54, 1.807) is 0 Å². The van der Waals surface area contributed by atoms with Crippen LogP contribution in [0.1, 0.15) is 181 Å². The number of unbranched alkanes of at least 4 members (excludes halogenated alkanes) is 22. The molecular weight excluding hydrogens is 510 g/mol. The van der Waals surface area contributed by atoms with E-state index in [0.29, 0.717) is 12.8 Å². The molecular formula is C32H65NO5S. The van der Waals surface area contributed by atoms with Crippen LogP contribution in [0.25, 0.3) is 0 Å². The summed E-state index contributed by atoms with van der Waals surface area (Å²) in [6.45, 7) is 4.48. The Balaban J connectivity index is 3.95. The number of carbonyl (C=O) groups is 1. The van der Waals surface area contributed by atoms with Gasteiger partial charge < -0.3 is 10.4 Å². The van der Waals surface area contributed by atoms with Crippen LogP contribution >= 0.6 is 0 Å². The first-order chi connectivity index (χ1) is 18.8. The maximum atomic E-state index is 12.4. The van der Waals surface area contributed by atoms with E-state index in [4.69, 9.17) is 0 Å². The Kier molecular flexibility index (Phi) is 27.0. The second kappa shape index (κ2) is 27.5. The van der Waals surface area contributed by atoms with Crippen LogP contribution in [-0.4, -0.2) is 41.9 Å². The zero-order valence-electron chi connectivity index (χ0n) is 25.8. The number of carbonyl (C=O) groups excluding carboxylic acids is 1. The summed E-state index contributed by atoms with van der Waals surface area (Å²) in [6.07, 6.45) is 29.0. The van der Waals surface area contributed by atoms with Gasteiger partial charge in [0, 0.05) is 6.42 Å². The molecule has 0 aromatic heterocycles. The molecule has 39 heavy (non-hydrogen) atoms. The topological polar surface area (TPSA) is 104 Å². The number of aliphatic hydroxyl groups is 1. The molecule has 6 nitrogen and oxygen atoms in total. The molecule has 2 unspecified atom stereocenters. The molecule has 0 aromatic rings. The van der Waals surface area contributed by atoms with Gasteiger partial charge in [0.2, 0.25) is 5.91 Å². The molecule has 0 bridgehead atoms. The van der Waals surface area contributed by atoms with Crippen molar-refractivity contribution in [2.45, 2.75) is 193 Å². The fourth-order valence-electron chi connectivity index (χ4n) is 5.28. The van der Waals surface area contributed by atoms with Crippen LogP contribution in [0.2, 0.25) is 0 Å². The van der Waals surface area contributed by atoms with Gasteiger partial charge in [0.05, 0.1) is 17.9 Å². The monoisotopic (exact) mass is 575 g/mol. The highest BCUT2D eigenvalue weighted by molar-refractivity contribution is 7.85. The van der Waals surface area contributed by atoms with E-state index in [-0.39, 0.29) is 5.91 Å². The van der Waals surface area contributed by atoms with Crippen molar-refractivity contribution in [2.24, 2.45) is 0 Å². The van der Waals surface area contributed by atoms with Gasteiger partial charge in [-0.1, -0.05) is 162 Å². The van der Waals surface area contributed by atoms with Crippen molar-refractivity contribution >= 4 is 16.0 Å². The van der Waals surface area contributed by atoms with Crippen molar-refractivity contribution in [1.82, 2.24) is 5.32 Å². The lowest BCUT2D eigenvalue weighted by atomic mass is 10.0. The van der Waals surface area contributed by atoms with Gasteiger partial charge in [0.15, 0.2) is 0 Å². The Bertz CT molecular complexity index is 640. The van der Waals surface area contributed by atoms with E-state index in [2.05, 4.69) is 19.2 Å². The summed E-state index contributed by atoms with van der Waals surface area (Å²) >= 11 is 0. The van der Waals surface area contributed by atoms with Crippen LogP contribution in [0.4, 0.5) is 0 Å². The summed E-state index contributed by atoms with van der Waals surface area (Å²) in [6, 6.07) is -0.961. The lowest BCUT2D eigenvalue weighted by Gasteiger charge is -2.23. The molecule has 0 saturated heterocycles. The molecule has 2 atom stereocenters. The average Bonchev–Trinajstić information content (AvgIpc) is 2.88. The Morgan fingerprint density at radius 3 is 1.28 bits per heavy atom. The van der Waals surface area contributed by atoms with Crippen molar-refractivity contribution in [3.05, 3.63) is 0 Å². The first kappa shape index (κ1) is 38.3. The highest BCUT2D eigenvalue weighted by atomic mass is 32.2. The minimum absolute atomic E-state index is 0.246. The third kappa shape index (κ3) is 28.7. The van der Waals surface area contributed by atoms with Gasteiger partial charge in [-0.2, -0.15) is 8.42 Å². The first-order valence-corrected chi connectivity index (χ1v) is 18.3. The van der Waals surface area contributed by atoms with Crippen LogP contribution in [0.15, 0.2) is 0 Å². The van der Waals surface area contributed by atoms with Gasteiger partial charge in [-0.15, -0.1) is 0 Å². The molecule has 3 N–H and O–H groups in total. The number of hydrogen-bond donors (Lipinski definition) is 3. The standard InChI is InChI=1S/C32H65NO5S/c1-3-5-7-9-11-13-15-16-18-19-21-23-25-27-31(34)30(29-39(36,37)38)33-32(35)28-26-24-22-20-17-14-12-10-8-6-4-2/h30-31,34H,3-29H2,1-2H3,(H,33,35)(H,36,37,38). The van der Waals surface area contributed by atoms with Crippen molar-refractivity contribution in [3.63, 3.8) is 0 Å². The van der Waals surface area contributed by atoms with Crippen molar-refractivity contribution in [2.75, 3.05) is 5.75 Å². The van der Waals surface area contributed by atoms with E-state index < -0.39 is 28.0 Å². The molecule has 0 aliphatic heterocycles. The molecule has 0 spiro atoms. The van der Waals surface area contributed by atoms with Gasteiger partial charge >= 0.3 is 0 Å². The summed E-state index contributed by atoms with van der Waals surface area (Å²) in [5.74, 6) is -0.889. The third-order valence-corrected chi connectivity index (χ3v) is 8.59. The SMILES string of the molecule is CCCCCCCCCCCCCCCC(O)C(CS(=O)(=O)O)NC(=O)CCCCCCCCCCCCC. The minimum atomic E-state index is -4.29. The summed E-state index contributed by atoms with van der Waals surface area (Å²) in [7, 11) is -4.29. The minimum Gasteiger partial charge on any atom is -0.391 e. The van der Waals surface area contributed by atoms with Crippen LogP contribution in [0.3, 0.4) is 0 Å². The Labute approximate surface area is 242 Å². The van der Waals surface area contributed by atoms with Gasteiger partial charge in [-0.05, 0) is 12.8 Å². The highest BCUT2D eigenvalue weighted by Crippen LogP contribution is 2.15. The molecule has 0 rings (SSSR count). The van der Waals surface area contributed by atoms with Crippen LogP contribution in [0, 0.1) is 0 Å². The number of aliphatic hydroxyl groups excluding tert-OH is 1. The van der Waals surface area contributed by atoms with Gasteiger partial charge in [0.1, 0.15) is 0 Å². The van der Waals surface area contributed by atoms with E-state index in [1.165, 1.54) is 116 Å². The van der Waals surface area contributed by atoms with E-state index >= 15 is 0 Å². The van der Waals surface area contributed by atoms with Crippen molar-refractivity contribution < 1.29 is 22.9 Å². The maximum absolute atomic E-state index is 12.4. The lowest BCUT2D eigenvalue weighted by Crippen LogP contribution is -2.47. The van der Waals surface area contributed by atoms with Crippen LogP contribution in [0.5, 0.6) is 0 Å². The van der Waals surface area contributed by atoms with Crippen molar-refractivity contribution in [1.29, 1.82) is 0 Å². The predicted molar refractivity (Wildman–Crippen MR) is 166 cm³/mol. The number of hydrogen-bond acceptors (Lipinski definition) is 4. The largest absolute Gasteiger partial charge is 0.391 e. The molecule has 0 fully saturated rings. The number of amides is 1. The quantitative estimate of drug-likeness (QED) is 0.0586. The fraction of sp³-hybridized carbons (Fsp3) is 0.969. The smallest absolute Gasteiger partial charge is 0.266 e. The van der Waals surface area contributed by atoms with E-state index in [0.717, 1.165) is 38.5 Å². The fourth-order valence-corrected chi connectivity index (χ4v) is 6.04. The summed E-state index contributed by atoms with van der Waals surface area (Å²) in [4.78, 5) is 12.4.